The highest BCUT2D eigenvalue weighted by atomic mass is 16.2. The van der Waals surface area contributed by atoms with E-state index in [4.69, 9.17) is 5.73 Å². The van der Waals surface area contributed by atoms with Gasteiger partial charge in [0.2, 0.25) is 0 Å². The van der Waals surface area contributed by atoms with Gasteiger partial charge in [-0.05, 0) is 24.6 Å². The van der Waals surface area contributed by atoms with E-state index in [1.54, 1.807) is 12.1 Å². The molecule has 0 atom stereocenters. The Hall–Kier alpha value is -2.10. The molecule has 1 aromatic carbocycles. The van der Waals surface area contributed by atoms with E-state index in [2.05, 4.69) is 5.32 Å². The number of nitrogens with one attached hydrogen (secondary N) is 1. The van der Waals surface area contributed by atoms with Crippen molar-refractivity contribution in [3.63, 3.8) is 0 Å². The predicted molar refractivity (Wildman–Crippen MR) is 61.0 cm³/mol. The van der Waals surface area contributed by atoms with Crippen LogP contribution in [-0.2, 0) is 4.79 Å². The number of amides is 1. The van der Waals surface area contributed by atoms with E-state index < -0.39 is 0 Å². The molecule has 16 heavy (non-hydrogen) atoms. The third kappa shape index (κ3) is 1.69. The maximum atomic E-state index is 11.8. The molecule has 3 N–H and O–H groups in total. The van der Waals surface area contributed by atoms with Crippen molar-refractivity contribution in [3.05, 3.63) is 41.1 Å². The fourth-order valence-electron chi connectivity index (χ4n) is 1.69. The van der Waals surface area contributed by atoms with Gasteiger partial charge in [-0.2, -0.15) is 0 Å². The number of aryl methyl sites for hydroxylation is 1. The van der Waals surface area contributed by atoms with Crippen LogP contribution in [0.25, 0.3) is 0 Å². The van der Waals surface area contributed by atoms with Gasteiger partial charge in [-0.15, -0.1) is 0 Å². The Morgan fingerprint density at radius 1 is 1.38 bits per heavy atom. The second-order valence-corrected chi connectivity index (χ2v) is 3.80. The third-order valence-corrected chi connectivity index (χ3v) is 2.57. The van der Waals surface area contributed by atoms with Crippen molar-refractivity contribution < 1.29 is 9.59 Å². The molecule has 0 saturated carbocycles. The molecule has 0 bridgehead atoms. The van der Waals surface area contributed by atoms with Crippen LogP contribution >= 0.6 is 0 Å². The van der Waals surface area contributed by atoms with Gasteiger partial charge < -0.3 is 11.1 Å². The molecule has 0 fully saturated rings. The van der Waals surface area contributed by atoms with Crippen molar-refractivity contribution >= 4 is 17.4 Å². The Labute approximate surface area is 93.1 Å². The lowest BCUT2D eigenvalue weighted by atomic mass is 10.0. The Balaban J connectivity index is 2.53. The minimum Gasteiger partial charge on any atom is -0.404 e. The summed E-state index contributed by atoms with van der Waals surface area (Å²) in [5, 5.41) is 2.69. The van der Waals surface area contributed by atoms with Gasteiger partial charge >= 0.3 is 0 Å². The fraction of sp³-hybridized carbons (Fsp3) is 0.167. The number of anilines is 1. The molecule has 0 saturated heterocycles. The van der Waals surface area contributed by atoms with E-state index in [1.165, 1.54) is 6.20 Å². The zero-order chi connectivity index (χ0) is 11.7. The van der Waals surface area contributed by atoms with Crippen molar-refractivity contribution in [1.29, 1.82) is 0 Å². The molecule has 82 valence electrons. The molecular weight excluding hydrogens is 204 g/mol. The SMILES string of the molecule is Cc1ccc2c(c1)NC(=O)C(=CN)CC2=O. The van der Waals surface area contributed by atoms with Gasteiger partial charge in [-0.1, -0.05) is 6.07 Å². The second-order valence-electron chi connectivity index (χ2n) is 3.80. The van der Waals surface area contributed by atoms with Crippen LogP contribution in [0.5, 0.6) is 0 Å². The molecule has 1 aliphatic rings. The van der Waals surface area contributed by atoms with Gasteiger partial charge in [0, 0.05) is 23.8 Å². The average Bonchev–Trinajstić information content (AvgIpc) is 2.35. The summed E-state index contributed by atoms with van der Waals surface area (Å²) in [6.45, 7) is 1.90. The van der Waals surface area contributed by atoms with Gasteiger partial charge in [0.15, 0.2) is 5.78 Å². The van der Waals surface area contributed by atoms with E-state index >= 15 is 0 Å². The van der Waals surface area contributed by atoms with E-state index in [9.17, 15) is 9.59 Å². The maximum Gasteiger partial charge on any atom is 0.253 e. The number of hydrogen-bond acceptors (Lipinski definition) is 3. The van der Waals surface area contributed by atoms with Gasteiger partial charge in [-0.3, -0.25) is 9.59 Å². The van der Waals surface area contributed by atoms with Crippen LogP contribution in [0.1, 0.15) is 22.3 Å². The molecule has 1 heterocycles. The number of Topliss-reactive ketones (excluding diaryl/α,β-unsaturated/α-hetero) is 1. The number of benzene rings is 1. The molecule has 1 aromatic rings. The topological polar surface area (TPSA) is 72.2 Å². The minimum atomic E-state index is -0.305. The first-order chi connectivity index (χ1) is 7.61. The number of carbonyl (C=O) groups excluding carboxylic acids is 2. The predicted octanol–water partition coefficient (Wildman–Crippen LogP) is 1.36. The molecule has 4 nitrogen and oxygen atoms in total. The van der Waals surface area contributed by atoms with Gasteiger partial charge in [-0.25, -0.2) is 0 Å². The molecule has 1 amide bonds. The summed E-state index contributed by atoms with van der Waals surface area (Å²) in [5.74, 6) is -0.398. The number of ketones is 1. The van der Waals surface area contributed by atoms with Gasteiger partial charge in [0.05, 0.1) is 5.69 Å². The van der Waals surface area contributed by atoms with Crippen molar-refractivity contribution in [1.82, 2.24) is 0 Å². The summed E-state index contributed by atoms with van der Waals surface area (Å²) >= 11 is 0. The van der Waals surface area contributed by atoms with Crippen LogP contribution in [0.3, 0.4) is 0 Å². The highest BCUT2D eigenvalue weighted by molar-refractivity contribution is 6.16. The largest absolute Gasteiger partial charge is 0.404 e. The van der Waals surface area contributed by atoms with E-state index in [1.807, 2.05) is 13.0 Å². The van der Waals surface area contributed by atoms with E-state index in [0.29, 0.717) is 16.8 Å². The Kier molecular flexibility index (Phi) is 2.48. The van der Waals surface area contributed by atoms with Crippen LogP contribution in [0.4, 0.5) is 5.69 Å². The first kappa shape index (κ1) is 10.4. The summed E-state index contributed by atoms with van der Waals surface area (Å²) in [7, 11) is 0. The standard InChI is InChI=1S/C12H12N2O2/c1-7-2-3-9-10(4-7)14-12(16)8(6-13)5-11(9)15/h2-4,6H,5,13H2,1H3,(H,14,16). The van der Waals surface area contributed by atoms with Crippen LogP contribution in [0, 0.1) is 6.92 Å². The lowest BCUT2D eigenvalue weighted by molar-refractivity contribution is -0.112. The molecule has 2 rings (SSSR count). The van der Waals surface area contributed by atoms with Crippen molar-refractivity contribution in [2.75, 3.05) is 5.32 Å². The smallest absolute Gasteiger partial charge is 0.253 e. The summed E-state index contributed by atoms with van der Waals surface area (Å²) in [6.07, 6.45) is 1.24. The number of carbonyl (C=O) groups is 2. The maximum absolute atomic E-state index is 11.8. The summed E-state index contributed by atoms with van der Waals surface area (Å²) < 4.78 is 0. The fourth-order valence-corrected chi connectivity index (χ4v) is 1.69. The summed E-state index contributed by atoms with van der Waals surface area (Å²) in [5.41, 5.74) is 7.71. The number of rotatable bonds is 0. The molecular formula is C12H12N2O2. The van der Waals surface area contributed by atoms with E-state index in [0.717, 1.165) is 5.56 Å². The lowest BCUT2D eigenvalue weighted by Gasteiger charge is -2.05. The van der Waals surface area contributed by atoms with Crippen LogP contribution in [-0.4, -0.2) is 11.7 Å². The highest BCUT2D eigenvalue weighted by Crippen LogP contribution is 2.24. The van der Waals surface area contributed by atoms with Gasteiger partial charge in [0.1, 0.15) is 0 Å². The first-order valence-corrected chi connectivity index (χ1v) is 4.98. The first-order valence-electron chi connectivity index (χ1n) is 4.98. The van der Waals surface area contributed by atoms with E-state index in [-0.39, 0.29) is 18.1 Å². The lowest BCUT2D eigenvalue weighted by Crippen LogP contribution is -2.14. The zero-order valence-corrected chi connectivity index (χ0v) is 8.91. The van der Waals surface area contributed by atoms with Gasteiger partial charge in [0.25, 0.3) is 5.91 Å². The molecule has 0 aromatic heterocycles. The normalized spacial score (nSPS) is 17.9. The summed E-state index contributed by atoms with van der Waals surface area (Å²) in [4.78, 5) is 23.5. The number of nitrogens with two attached hydrogens (primary N) is 1. The average molecular weight is 216 g/mol. The molecule has 0 radical (unpaired) electrons. The minimum absolute atomic E-state index is 0.0540. The zero-order valence-electron chi connectivity index (χ0n) is 8.91. The summed E-state index contributed by atoms with van der Waals surface area (Å²) in [6, 6.07) is 5.36. The van der Waals surface area contributed by atoms with Crippen LogP contribution in [0.15, 0.2) is 30.0 Å². The molecule has 0 spiro atoms. The Morgan fingerprint density at radius 2 is 2.12 bits per heavy atom. The Morgan fingerprint density at radius 3 is 2.81 bits per heavy atom. The molecule has 1 aliphatic heterocycles. The van der Waals surface area contributed by atoms with Crippen molar-refractivity contribution in [3.8, 4) is 0 Å². The molecule has 4 heteroatoms. The van der Waals surface area contributed by atoms with Crippen LogP contribution in [0.2, 0.25) is 0 Å². The van der Waals surface area contributed by atoms with Crippen molar-refractivity contribution in [2.24, 2.45) is 5.73 Å². The second kappa shape index (κ2) is 3.81. The highest BCUT2D eigenvalue weighted by Gasteiger charge is 2.23. The molecule has 0 unspecified atom stereocenters. The number of hydrogen-bond donors (Lipinski definition) is 2. The van der Waals surface area contributed by atoms with Crippen LogP contribution < -0.4 is 11.1 Å². The quantitative estimate of drug-likeness (QED) is 0.643. The number of fused-ring (bicyclic) bond motifs is 1. The monoisotopic (exact) mass is 216 g/mol. The Bertz CT molecular complexity index is 504. The molecule has 0 aliphatic carbocycles. The third-order valence-electron chi connectivity index (χ3n) is 2.57. The van der Waals surface area contributed by atoms with Crippen molar-refractivity contribution in [2.45, 2.75) is 13.3 Å².